The van der Waals surface area contributed by atoms with Gasteiger partial charge in [-0.05, 0) is 36.9 Å². The van der Waals surface area contributed by atoms with Gasteiger partial charge < -0.3 is 14.8 Å². The second-order valence-corrected chi connectivity index (χ2v) is 4.38. The molecule has 0 unspecified atom stereocenters. The number of rotatable bonds is 5. The molecule has 1 N–H and O–H groups in total. The van der Waals surface area contributed by atoms with Gasteiger partial charge in [0.15, 0.2) is 0 Å². The minimum atomic E-state index is -0.298. The Hall–Kier alpha value is -2.07. The Labute approximate surface area is 118 Å². The van der Waals surface area contributed by atoms with Crippen molar-refractivity contribution < 1.29 is 13.9 Å². The number of methoxy groups -OCH3 is 2. The van der Waals surface area contributed by atoms with Crippen molar-refractivity contribution in [3.05, 3.63) is 47.8 Å². The van der Waals surface area contributed by atoms with Crippen molar-refractivity contribution in [1.82, 2.24) is 5.32 Å². The number of nitrogens with one attached hydrogen (secondary N) is 1. The minimum absolute atomic E-state index is 0.298. The van der Waals surface area contributed by atoms with Gasteiger partial charge >= 0.3 is 0 Å². The lowest BCUT2D eigenvalue weighted by Crippen LogP contribution is -2.05. The molecule has 0 atom stereocenters. The molecule has 0 aliphatic rings. The van der Waals surface area contributed by atoms with Crippen LogP contribution in [-0.2, 0) is 6.54 Å². The molecule has 4 heteroatoms. The summed E-state index contributed by atoms with van der Waals surface area (Å²) in [6.07, 6.45) is 0. The summed E-state index contributed by atoms with van der Waals surface area (Å²) < 4.78 is 24.9. The first-order chi connectivity index (χ1) is 9.71. The van der Waals surface area contributed by atoms with Gasteiger partial charge in [0, 0.05) is 12.1 Å². The Bertz CT molecular complexity index is 577. The molecule has 0 spiro atoms. The second-order valence-electron chi connectivity index (χ2n) is 4.38. The third kappa shape index (κ3) is 2.75. The molecule has 0 saturated carbocycles. The molecule has 2 rings (SSSR count). The van der Waals surface area contributed by atoms with Gasteiger partial charge in [-0.25, -0.2) is 4.39 Å². The number of halogens is 1. The number of benzene rings is 2. The number of hydrogen-bond donors (Lipinski definition) is 1. The molecule has 0 aliphatic carbocycles. The van der Waals surface area contributed by atoms with E-state index in [1.165, 1.54) is 6.07 Å². The molecule has 20 heavy (non-hydrogen) atoms. The quantitative estimate of drug-likeness (QED) is 0.908. The second kappa shape index (κ2) is 6.39. The van der Waals surface area contributed by atoms with Crippen LogP contribution < -0.4 is 14.8 Å². The van der Waals surface area contributed by atoms with Gasteiger partial charge in [-0.15, -0.1) is 0 Å². The SMILES string of the molecule is CNCc1ccc(F)c(-c2c(OC)cccc2OC)c1. The first-order valence-electron chi connectivity index (χ1n) is 6.35. The Morgan fingerprint density at radius 2 is 1.70 bits per heavy atom. The van der Waals surface area contributed by atoms with E-state index in [0.29, 0.717) is 29.2 Å². The molecule has 3 nitrogen and oxygen atoms in total. The molecule has 2 aromatic rings. The summed E-state index contributed by atoms with van der Waals surface area (Å²) in [7, 11) is 4.98. The first-order valence-corrected chi connectivity index (χ1v) is 6.35. The van der Waals surface area contributed by atoms with Gasteiger partial charge in [-0.3, -0.25) is 0 Å². The normalized spacial score (nSPS) is 10.4. The molecule has 0 aliphatic heterocycles. The van der Waals surface area contributed by atoms with Crippen LogP contribution in [0, 0.1) is 5.82 Å². The monoisotopic (exact) mass is 275 g/mol. The standard InChI is InChI=1S/C16H18FNO2/c1-18-10-11-7-8-13(17)12(9-11)16-14(19-2)5-4-6-15(16)20-3/h4-9,18H,10H2,1-3H3. The predicted molar refractivity (Wildman–Crippen MR) is 77.7 cm³/mol. The highest BCUT2D eigenvalue weighted by atomic mass is 19.1. The number of ether oxygens (including phenoxy) is 2. The molecule has 0 amide bonds. The molecule has 106 valence electrons. The lowest BCUT2D eigenvalue weighted by atomic mass is 10.00. The van der Waals surface area contributed by atoms with Crippen LogP contribution in [0.4, 0.5) is 4.39 Å². The summed E-state index contributed by atoms with van der Waals surface area (Å²) in [5.41, 5.74) is 2.11. The molecule has 0 radical (unpaired) electrons. The van der Waals surface area contributed by atoms with Crippen LogP contribution in [0.1, 0.15) is 5.56 Å². The molecule has 0 aromatic heterocycles. The van der Waals surface area contributed by atoms with E-state index in [1.807, 2.05) is 19.2 Å². The molecule has 0 bridgehead atoms. The summed E-state index contributed by atoms with van der Waals surface area (Å²) in [6.45, 7) is 0.671. The van der Waals surface area contributed by atoms with Crippen molar-refractivity contribution in [2.45, 2.75) is 6.54 Å². The highest BCUT2D eigenvalue weighted by Gasteiger charge is 2.16. The topological polar surface area (TPSA) is 30.5 Å². The van der Waals surface area contributed by atoms with Crippen molar-refractivity contribution in [3.8, 4) is 22.6 Å². The van der Waals surface area contributed by atoms with Gasteiger partial charge in [-0.2, -0.15) is 0 Å². The van der Waals surface area contributed by atoms with Crippen LogP contribution in [0.3, 0.4) is 0 Å². The fourth-order valence-corrected chi connectivity index (χ4v) is 2.19. The molecular formula is C16H18FNO2. The fourth-order valence-electron chi connectivity index (χ4n) is 2.19. The van der Waals surface area contributed by atoms with E-state index >= 15 is 0 Å². The van der Waals surface area contributed by atoms with Crippen LogP contribution in [0.5, 0.6) is 11.5 Å². The molecule has 0 heterocycles. The first kappa shape index (κ1) is 14.3. The summed E-state index contributed by atoms with van der Waals surface area (Å²) >= 11 is 0. The maximum Gasteiger partial charge on any atom is 0.131 e. The van der Waals surface area contributed by atoms with Gasteiger partial charge in [0.1, 0.15) is 17.3 Å². The molecule has 0 saturated heterocycles. The van der Waals surface area contributed by atoms with Crippen molar-refractivity contribution in [2.75, 3.05) is 21.3 Å². The van der Waals surface area contributed by atoms with Crippen LogP contribution in [0.25, 0.3) is 11.1 Å². The van der Waals surface area contributed by atoms with E-state index in [0.717, 1.165) is 5.56 Å². The Balaban J connectivity index is 2.63. The van der Waals surface area contributed by atoms with Crippen molar-refractivity contribution >= 4 is 0 Å². The maximum atomic E-state index is 14.2. The van der Waals surface area contributed by atoms with E-state index in [1.54, 1.807) is 32.4 Å². The van der Waals surface area contributed by atoms with Crippen LogP contribution >= 0.6 is 0 Å². The minimum Gasteiger partial charge on any atom is -0.496 e. The van der Waals surface area contributed by atoms with Crippen LogP contribution in [0.15, 0.2) is 36.4 Å². The average molecular weight is 275 g/mol. The highest BCUT2D eigenvalue weighted by Crippen LogP contribution is 2.39. The third-order valence-corrected chi connectivity index (χ3v) is 3.11. The van der Waals surface area contributed by atoms with E-state index in [4.69, 9.17) is 9.47 Å². The molecule has 2 aromatic carbocycles. The summed E-state index contributed by atoms with van der Waals surface area (Å²) in [6, 6.07) is 10.4. The summed E-state index contributed by atoms with van der Waals surface area (Å²) in [5.74, 6) is 0.877. The van der Waals surface area contributed by atoms with Gasteiger partial charge in [0.2, 0.25) is 0 Å². The fraction of sp³-hybridized carbons (Fsp3) is 0.250. The number of hydrogen-bond acceptors (Lipinski definition) is 3. The highest BCUT2D eigenvalue weighted by molar-refractivity contribution is 5.77. The predicted octanol–water partition coefficient (Wildman–Crippen LogP) is 3.23. The van der Waals surface area contributed by atoms with Crippen LogP contribution in [-0.4, -0.2) is 21.3 Å². The smallest absolute Gasteiger partial charge is 0.131 e. The van der Waals surface area contributed by atoms with E-state index in [-0.39, 0.29) is 5.82 Å². The maximum absolute atomic E-state index is 14.2. The largest absolute Gasteiger partial charge is 0.496 e. The van der Waals surface area contributed by atoms with Gasteiger partial charge in [-0.1, -0.05) is 12.1 Å². The van der Waals surface area contributed by atoms with Gasteiger partial charge in [0.25, 0.3) is 0 Å². The van der Waals surface area contributed by atoms with Crippen molar-refractivity contribution in [2.24, 2.45) is 0 Å². The lowest BCUT2D eigenvalue weighted by Gasteiger charge is -2.14. The van der Waals surface area contributed by atoms with Crippen molar-refractivity contribution in [3.63, 3.8) is 0 Å². The molecule has 0 fully saturated rings. The van der Waals surface area contributed by atoms with E-state index in [9.17, 15) is 4.39 Å². The third-order valence-electron chi connectivity index (χ3n) is 3.11. The van der Waals surface area contributed by atoms with E-state index < -0.39 is 0 Å². The van der Waals surface area contributed by atoms with Crippen molar-refractivity contribution in [1.29, 1.82) is 0 Å². The van der Waals surface area contributed by atoms with Gasteiger partial charge in [0.05, 0.1) is 19.8 Å². The Kier molecular flexibility index (Phi) is 4.58. The zero-order valence-electron chi connectivity index (χ0n) is 11.9. The van der Waals surface area contributed by atoms with Crippen LogP contribution in [0.2, 0.25) is 0 Å². The van der Waals surface area contributed by atoms with E-state index in [2.05, 4.69) is 5.32 Å². The average Bonchev–Trinajstić information content (AvgIpc) is 2.48. The Morgan fingerprint density at radius 1 is 1.05 bits per heavy atom. The summed E-state index contributed by atoms with van der Waals surface area (Å²) in [4.78, 5) is 0. The Morgan fingerprint density at radius 3 is 2.25 bits per heavy atom. The lowest BCUT2D eigenvalue weighted by molar-refractivity contribution is 0.397. The zero-order valence-corrected chi connectivity index (χ0v) is 11.9. The summed E-state index contributed by atoms with van der Waals surface area (Å²) in [5, 5.41) is 3.05. The molecular weight excluding hydrogens is 257 g/mol. The zero-order chi connectivity index (χ0) is 14.5.